The molecule has 12 heteroatoms. The summed E-state index contributed by atoms with van der Waals surface area (Å²) in [6.45, 7) is 4.36. The van der Waals surface area contributed by atoms with Gasteiger partial charge in [-0.2, -0.15) is 0 Å². The summed E-state index contributed by atoms with van der Waals surface area (Å²) in [7, 11) is 1.99. The first kappa shape index (κ1) is 24.5. The number of hydrogen-bond acceptors (Lipinski definition) is 6. The van der Waals surface area contributed by atoms with E-state index in [1.54, 1.807) is 24.0 Å². The third-order valence-electron chi connectivity index (χ3n) is 6.00. The summed E-state index contributed by atoms with van der Waals surface area (Å²) in [4.78, 5) is 49.0. The van der Waals surface area contributed by atoms with Crippen LogP contribution < -0.4 is 9.64 Å². The fraction of sp³-hybridized carbons (Fsp3) is 0.391. The van der Waals surface area contributed by atoms with E-state index >= 15 is 0 Å². The zero-order chi connectivity index (χ0) is 25.3. The second kappa shape index (κ2) is 9.53. The second-order valence-corrected chi connectivity index (χ2v) is 8.45. The molecule has 4 rings (SSSR count). The monoisotopic (exact) mass is 491 g/mol. The van der Waals surface area contributed by atoms with E-state index in [1.807, 2.05) is 7.05 Å². The molecule has 2 fully saturated rings. The van der Waals surface area contributed by atoms with E-state index in [0.29, 0.717) is 18.7 Å². The highest BCUT2D eigenvalue weighted by Crippen LogP contribution is 2.30. The number of pyridine rings is 1. The topological polar surface area (TPSA) is 86.3 Å². The van der Waals surface area contributed by atoms with E-state index in [4.69, 9.17) is 0 Å². The van der Waals surface area contributed by atoms with Crippen molar-refractivity contribution >= 4 is 23.5 Å². The van der Waals surface area contributed by atoms with Gasteiger partial charge in [-0.3, -0.25) is 14.6 Å². The molecule has 2 aromatic rings. The van der Waals surface area contributed by atoms with Gasteiger partial charge < -0.3 is 19.4 Å². The maximum Gasteiger partial charge on any atom is 0.573 e. The molecular formula is C23H24F3N5O4. The number of likely N-dealkylation sites (N-methyl/N-ethyl adjacent to an activating group) is 1. The molecule has 9 nitrogen and oxygen atoms in total. The fourth-order valence-corrected chi connectivity index (χ4v) is 4.01. The average Bonchev–Trinajstić information content (AvgIpc) is 3.02. The van der Waals surface area contributed by atoms with E-state index in [-0.39, 0.29) is 23.8 Å². The van der Waals surface area contributed by atoms with Gasteiger partial charge in [0, 0.05) is 38.9 Å². The Labute approximate surface area is 199 Å². The molecule has 0 N–H and O–H groups in total. The quantitative estimate of drug-likeness (QED) is 0.598. The Morgan fingerprint density at radius 2 is 1.74 bits per heavy atom. The van der Waals surface area contributed by atoms with Gasteiger partial charge in [0.1, 0.15) is 17.5 Å². The Hall–Kier alpha value is -3.67. The Kier molecular flexibility index (Phi) is 6.66. The molecule has 4 amide bonds. The second-order valence-electron chi connectivity index (χ2n) is 8.45. The van der Waals surface area contributed by atoms with Gasteiger partial charge >= 0.3 is 12.4 Å². The lowest BCUT2D eigenvalue weighted by molar-refractivity contribution is -0.274. The molecule has 0 spiro atoms. The number of carbonyl (C=O) groups excluding carboxylic acids is 3. The molecule has 1 aromatic heterocycles. The number of alkyl halides is 3. The SMILES string of the molecule is CC1C(=O)N(c2ccc(OC(F)(F)F)cc2)C(=O)N1Cc1ccnc(C(=O)N2CCN(C)CC2)c1. The average molecular weight is 491 g/mol. The molecule has 1 atom stereocenters. The Morgan fingerprint density at radius 1 is 1.09 bits per heavy atom. The summed E-state index contributed by atoms with van der Waals surface area (Å²) in [5, 5.41) is 0. The Bertz CT molecular complexity index is 1120. The van der Waals surface area contributed by atoms with Crippen LogP contribution in [0.1, 0.15) is 23.0 Å². The lowest BCUT2D eigenvalue weighted by Gasteiger charge is -2.32. The fourth-order valence-electron chi connectivity index (χ4n) is 4.01. The number of aromatic nitrogens is 1. The minimum atomic E-state index is -4.85. The third kappa shape index (κ3) is 5.37. The highest BCUT2D eigenvalue weighted by Gasteiger charge is 2.43. The molecular weight excluding hydrogens is 467 g/mol. The van der Waals surface area contributed by atoms with Crippen LogP contribution in [0.15, 0.2) is 42.6 Å². The van der Waals surface area contributed by atoms with Crippen LogP contribution in [0.3, 0.4) is 0 Å². The van der Waals surface area contributed by atoms with Crippen LogP contribution in [-0.4, -0.2) is 83.2 Å². The number of carbonyl (C=O) groups is 3. The highest BCUT2D eigenvalue weighted by atomic mass is 19.4. The van der Waals surface area contributed by atoms with Crippen LogP contribution in [0.25, 0.3) is 0 Å². The van der Waals surface area contributed by atoms with Gasteiger partial charge in [-0.1, -0.05) is 0 Å². The van der Waals surface area contributed by atoms with Crippen LogP contribution in [0.2, 0.25) is 0 Å². The zero-order valence-electron chi connectivity index (χ0n) is 19.2. The lowest BCUT2D eigenvalue weighted by Crippen LogP contribution is -2.47. The van der Waals surface area contributed by atoms with Gasteiger partial charge in [0.25, 0.3) is 11.8 Å². The molecule has 1 aromatic carbocycles. The van der Waals surface area contributed by atoms with E-state index < -0.39 is 30.1 Å². The first-order valence-corrected chi connectivity index (χ1v) is 11.0. The van der Waals surface area contributed by atoms with E-state index in [0.717, 1.165) is 30.1 Å². The van der Waals surface area contributed by atoms with E-state index in [2.05, 4.69) is 14.6 Å². The van der Waals surface area contributed by atoms with Crippen molar-refractivity contribution in [1.29, 1.82) is 0 Å². The first-order chi connectivity index (χ1) is 16.5. The van der Waals surface area contributed by atoms with Crippen LogP contribution in [0.5, 0.6) is 5.75 Å². The first-order valence-electron chi connectivity index (χ1n) is 11.0. The zero-order valence-corrected chi connectivity index (χ0v) is 19.2. The van der Waals surface area contributed by atoms with Crippen molar-refractivity contribution in [1.82, 2.24) is 19.7 Å². The Morgan fingerprint density at radius 3 is 2.37 bits per heavy atom. The maximum absolute atomic E-state index is 13.1. The molecule has 35 heavy (non-hydrogen) atoms. The van der Waals surface area contributed by atoms with Crippen molar-refractivity contribution in [2.24, 2.45) is 0 Å². The molecule has 0 bridgehead atoms. The normalized spacial score (nSPS) is 19.5. The van der Waals surface area contributed by atoms with Crippen molar-refractivity contribution in [2.75, 3.05) is 38.1 Å². The van der Waals surface area contributed by atoms with Gasteiger partial charge in [0.2, 0.25) is 0 Å². The minimum absolute atomic E-state index is 0.0586. The number of urea groups is 1. The molecule has 0 radical (unpaired) electrons. The predicted octanol–water partition coefficient (Wildman–Crippen LogP) is 2.73. The minimum Gasteiger partial charge on any atom is -0.406 e. The standard InChI is InChI=1S/C23H24F3N5O4/c1-15-20(32)31(17-3-5-18(6-4-17)35-23(24,25)26)22(34)30(15)14-16-7-8-27-19(13-16)21(33)29-11-9-28(2)10-12-29/h3-8,13,15H,9-12,14H2,1-2H3. The molecule has 2 saturated heterocycles. The molecule has 3 heterocycles. The van der Waals surface area contributed by atoms with E-state index in [9.17, 15) is 27.6 Å². The number of ether oxygens (including phenoxy) is 1. The number of halogens is 3. The predicted molar refractivity (Wildman–Crippen MR) is 119 cm³/mol. The van der Waals surface area contributed by atoms with Gasteiger partial charge in [-0.15, -0.1) is 13.2 Å². The van der Waals surface area contributed by atoms with Gasteiger partial charge in [-0.25, -0.2) is 9.69 Å². The highest BCUT2D eigenvalue weighted by molar-refractivity contribution is 6.21. The largest absolute Gasteiger partial charge is 0.573 e. The van der Waals surface area contributed by atoms with Crippen molar-refractivity contribution in [3.05, 3.63) is 53.9 Å². The number of benzene rings is 1. The molecule has 186 valence electrons. The van der Waals surface area contributed by atoms with Gasteiger partial charge in [-0.05, 0) is 55.9 Å². The van der Waals surface area contributed by atoms with Crippen molar-refractivity contribution in [3.63, 3.8) is 0 Å². The van der Waals surface area contributed by atoms with Crippen LogP contribution in [-0.2, 0) is 11.3 Å². The maximum atomic E-state index is 13.1. The summed E-state index contributed by atoms with van der Waals surface area (Å²) in [6.07, 6.45) is -3.36. The summed E-state index contributed by atoms with van der Waals surface area (Å²) < 4.78 is 41.0. The summed E-state index contributed by atoms with van der Waals surface area (Å²) in [6, 6.07) is 6.35. The number of nitrogens with zero attached hydrogens (tertiary/aromatic N) is 5. The van der Waals surface area contributed by atoms with Crippen LogP contribution in [0.4, 0.5) is 23.7 Å². The van der Waals surface area contributed by atoms with Crippen molar-refractivity contribution in [3.8, 4) is 5.75 Å². The number of rotatable bonds is 5. The molecule has 0 aliphatic carbocycles. The molecule has 1 unspecified atom stereocenters. The number of anilines is 1. The van der Waals surface area contributed by atoms with Gasteiger partial charge in [0.15, 0.2) is 0 Å². The van der Waals surface area contributed by atoms with Crippen molar-refractivity contribution in [2.45, 2.75) is 25.9 Å². The smallest absolute Gasteiger partial charge is 0.406 e. The summed E-state index contributed by atoms with van der Waals surface area (Å²) in [5.41, 5.74) is 1.01. The molecule has 2 aliphatic rings. The third-order valence-corrected chi connectivity index (χ3v) is 6.00. The number of hydrogen-bond donors (Lipinski definition) is 0. The number of piperazine rings is 1. The van der Waals surface area contributed by atoms with E-state index in [1.165, 1.54) is 23.2 Å². The van der Waals surface area contributed by atoms with Crippen LogP contribution >= 0.6 is 0 Å². The summed E-state index contributed by atoms with van der Waals surface area (Å²) >= 11 is 0. The molecule has 0 saturated carbocycles. The van der Waals surface area contributed by atoms with Crippen LogP contribution in [0, 0.1) is 0 Å². The number of amides is 4. The van der Waals surface area contributed by atoms with Gasteiger partial charge in [0.05, 0.1) is 5.69 Å². The van der Waals surface area contributed by atoms with Crippen molar-refractivity contribution < 1.29 is 32.3 Å². The number of imide groups is 1. The lowest BCUT2D eigenvalue weighted by atomic mass is 10.1. The summed E-state index contributed by atoms with van der Waals surface area (Å²) in [5.74, 6) is -1.17. The Balaban J connectivity index is 1.47. The molecule has 2 aliphatic heterocycles.